The number of aromatic amines is 1. The molecule has 0 bridgehead atoms. The minimum atomic E-state index is 0.565. The molecule has 0 spiro atoms. The van der Waals surface area contributed by atoms with Crippen LogP contribution >= 0.6 is 23.2 Å². The second-order valence-electron chi connectivity index (χ2n) is 4.94. The predicted octanol–water partition coefficient (Wildman–Crippen LogP) is 3.54. The Bertz CT molecular complexity index is 574. The van der Waals surface area contributed by atoms with Crippen molar-refractivity contribution in [2.24, 2.45) is 5.92 Å². The van der Waals surface area contributed by atoms with E-state index in [1.165, 1.54) is 6.42 Å². The summed E-state index contributed by atoms with van der Waals surface area (Å²) in [5.41, 5.74) is 2.00. The van der Waals surface area contributed by atoms with Crippen LogP contribution in [0.15, 0.2) is 24.4 Å². The first-order valence-electron chi connectivity index (χ1n) is 6.42. The van der Waals surface area contributed by atoms with Crippen LogP contribution in [0, 0.1) is 5.92 Å². The molecule has 1 saturated heterocycles. The van der Waals surface area contributed by atoms with Crippen LogP contribution in [0.2, 0.25) is 10.0 Å². The second kappa shape index (κ2) is 5.53. The van der Waals surface area contributed by atoms with E-state index in [9.17, 15) is 0 Å². The van der Waals surface area contributed by atoms with Gasteiger partial charge in [-0.05, 0) is 37.6 Å². The maximum Gasteiger partial charge on any atom is 0.106 e. The summed E-state index contributed by atoms with van der Waals surface area (Å²) in [6.07, 6.45) is 4.08. The van der Waals surface area contributed by atoms with Crippen LogP contribution in [-0.2, 0) is 6.42 Å². The largest absolute Gasteiger partial charge is 0.342 e. The van der Waals surface area contributed by atoms with Gasteiger partial charge in [-0.3, -0.25) is 0 Å². The molecule has 2 N–H and O–H groups in total. The molecular weight excluding hydrogens is 281 g/mol. The number of rotatable bonds is 3. The highest BCUT2D eigenvalue weighted by Crippen LogP contribution is 2.27. The molecule has 1 aliphatic heterocycles. The maximum absolute atomic E-state index is 6.03. The first kappa shape index (κ1) is 13.0. The molecule has 1 unspecified atom stereocenters. The van der Waals surface area contributed by atoms with Gasteiger partial charge in [0, 0.05) is 12.0 Å². The third kappa shape index (κ3) is 2.94. The molecule has 100 valence electrons. The van der Waals surface area contributed by atoms with Gasteiger partial charge in [0.05, 0.1) is 21.9 Å². The van der Waals surface area contributed by atoms with Crippen LogP contribution in [0.1, 0.15) is 12.2 Å². The van der Waals surface area contributed by atoms with Crippen molar-refractivity contribution in [2.45, 2.75) is 12.8 Å². The highest BCUT2D eigenvalue weighted by Gasteiger charge is 2.16. The smallest absolute Gasteiger partial charge is 0.106 e. The van der Waals surface area contributed by atoms with E-state index in [2.05, 4.69) is 15.3 Å². The van der Waals surface area contributed by atoms with E-state index in [4.69, 9.17) is 23.2 Å². The summed E-state index contributed by atoms with van der Waals surface area (Å²) in [6.45, 7) is 2.20. The fourth-order valence-corrected chi connectivity index (χ4v) is 2.74. The lowest BCUT2D eigenvalue weighted by Gasteiger charge is -2.04. The van der Waals surface area contributed by atoms with Crippen molar-refractivity contribution in [3.8, 4) is 11.3 Å². The van der Waals surface area contributed by atoms with Crippen molar-refractivity contribution in [2.75, 3.05) is 13.1 Å². The second-order valence-corrected chi connectivity index (χ2v) is 5.75. The van der Waals surface area contributed by atoms with Gasteiger partial charge in [0.25, 0.3) is 0 Å². The van der Waals surface area contributed by atoms with E-state index in [1.54, 1.807) is 6.07 Å². The maximum atomic E-state index is 6.03. The van der Waals surface area contributed by atoms with Gasteiger partial charge in [0.2, 0.25) is 0 Å². The zero-order valence-corrected chi connectivity index (χ0v) is 11.9. The summed E-state index contributed by atoms with van der Waals surface area (Å²) in [6, 6.07) is 5.61. The number of imidazole rings is 1. The molecule has 3 nitrogen and oxygen atoms in total. The monoisotopic (exact) mass is 295 g/mol. The molecule has 0 saturated carbocycles. The fraction of sp³-hybridized carbons (Fsp3) is 0.357. The Labute approximate surface area is 122 Å². The predicted molar refractivity (Wildman–Crippen MR) is 78.7 cm³/mol. The minimum absolute atomic E-state index is 0.565. The summed E-state index contributed by atoms with van der Waals surface area (Å²) in [5.74, 6) is 1.72. The number of benzene rings is 1. The number of halogens is 2. The highest BCUT2D eigenvalue weighted by atomic mass is 35.5. The number of hydrogen-bond donors (Lipinski definition) is 2. The van der Waals surface area contributed by atoms with E-state index in [0.717, 1.165) is 36.6 Å². The summed E-state index contributed by atoms with van der Waals surface area (Å²) in [4.78, 5) is 7.81. The number of hydrogen-bond acceptors (Lipinski definition) is 2. The van der Waals surface area contributed by atoms with Crippen LogP contribution in [-0.4, -0.2) is 23.1 Å². The van der Waals surface area contributed by atoms with Crippen molar-refractivity contribution < 1.29 is 0 Å². The molecule has 0 aliphatic carbocycles. The lowest BCUT2D eigenvalue weighted by atomic mass is 10.1. The molecule has 1 aromatic carbocycles. The molecule has 5 heteroatoms. The molecule has 3 rings (SSSR count). The molecule has 2 heterocycles. The van der Waals surface area contributed by atoms with E-state index >= 15 is 0 Å². The molecule has 19 heavy (non-hydrogen) atoms. The average Bonchev–Trinajstić information content (AvgIpc) is 3.05. The highest BCUT2D eigenvalue weighted by molar-refractivity contribution is 6.42. The van der Waals surface area contributed by atoms with Crippen molar-refractivity contribution >= 4 is 23.2 Å². The average molecular weight is 296 g/mol. The molecule has 1 fully saturated rings. The standard InChI is InChI=1S/C14H15Cl2N3/c15-11-2-1-10(6-12(11)16)13-8-18-14(19-13)5-9-3-4-17-7-9/h1-2,6,8-9,17H,3-5,7H2,(H,18,19). The summed E-state index contributed by atoms with van der Waals surface area (Å²) in [7, 11) is 0. The lowest BCUT2D eigenvalue weighted by Crippen LogP contribution is -2.11. The van der Waals surface area contributed by atoms with Gasteiger partial charge < -0.3 is 10.3 Å². The Hall–Kier alpha value is -1.03. The van der Waals surface area contributed by atoms with Gasteiger partial charge >= 0.3 is 0 Å². The zero-order valence-electron chi connectivity index (χ0n) is 10.4. The molecule has 0 amide bonds. The first-order chi connectivity index (χ1) is 9.22. The third-order valence-electron chi connectivity index (χ3n) is 3.50. The molecule has 0 radical (unpaired) electrons. The summed E-state index contributed by atoms with van der Waals surface area (Å²) >= 11 is 12.0. The Morgan fingerprint density at radius 1 is 1.26 bits per heavy atom. The summed E-state index contributed by atoms with van der Waals surface area (Å²) in [5, 5.41) is 4.51. The number of nitrogens with zero attached hydrogens (tertiary/aromatic N) is 1. The quantitative estimate of drug-likeness (QED) is 0.909. The Kier molecular flexibility index (Phi) is 3.78. The van der Waals surface area contributed by atoms with Crippen molar-refractivity contribution in [1.29, 1.82) is 0 Å². The Morgan fingerprint density at radius 2 is 2.16 bits per heavy atom. The van der Waals surface area contributed by atoms with Crippen LogP contribution in [0.25, 0.3) is 11.3 Å². The van der Waals surface area contributed by atoms with Crippen molar-refractivity contribution in [1.82, 2.24) is 15.3 Å². The fourth-order valence-electron chi connectivity index (χ4n) is 2.44. The number of aromatic nitrogens is 2. The summed E-state index contributed by atoms with van der Waals surface area (Å²) < 4.78 is 0. The molecule has 1 aromatic heterocycles. The normalized spacial score (nSPS) is 18.9. The minimum Gasteiger partial charge on any atom is -0.342 e. The number of nitrogens with one attached hydrogen (secondary N) is 2. The molecular formula is C14H15Cl2N3. The molecule has 1 aliphatic rings. The van der Waals surface area contributed by atoms with Gasteiger partial charge in [-0.15, -0.1) is 0 Å². The van der Waals surface area contributed by atoms with Crippen molar-refractivity contribution in [3.05, 3.63) is 40.3 Å². The van der Waals surface area contributed by atoms with Gasteiger partial charge in [0.1, 0.15) is 5.82 Å². The van der Waals surface area contributed by atoms with Gasteiger partial charge in [-0.1, -0.05) is 29.3 Å². The number of H-pyrrole nitrogens is 1. The van der Waals surface area contributed by atoms with Gasteiger partial charge in [-0.2, -0.15) is 0 Å². The topological polar surface area (TPSA) is 40.7 Å². The third-order valence-corrected chi connectivity index (χ3v) is 4.24. The SMILES string of the molecule is Clc1ccc(-c2cnc(CC3CCNC3)[nH]2)cc1Cl. The zero-order chi connectivity index (χ0) is 13.2. The van der Waals surface area contributed by atoms with Crippen LogP contribution < -0.4 is 5.32 Å². The van der Waals surface area contributed by atoms with Crippen LogP contribution in [0.4, 0.5) is 0 Å². The van der Waals surface area contributed by atoms with Gasteiger partial charge in [0.15, 0.2) is 0 Å². The van der Waals surface area contributed by atoms with Crippen LogP contribution in [0.3, 0.4) is 0 Å². The molecule has 2 aromatic rings. The first-order valence-corrected chi connectivity index (χ1v) is 7.18. The Morgan fingerprint density at radius 3 is 2.89 bits per heavy atom. The van der Waals surface area contributed by atoms with Crippen LogP contribution in [0.5, 0.6) is 0 Å². The lowest BCUT2D eigenvalue weighted by molar-refractivity contribution is 0.565. The van der Waals surface area contributed by atoms with Gasteiger partial charge in [-0.25, -0.2) is 4.98 Å². The Balaban J connectivity index is 1.78. The van der Waals surface area contributed by atoms with E-state index in [-0.39, 0.29) is 0 Å². The molecule has 1 atom stereocenters. The van der Waals surface area contributed by atoms with E-state index in [0.29, 0.717) is 16.0 Å². The van der Waals surface area contributed by atoms with Crippen molar-refractivity contribution in [3.63, 3.8) is 0 Å². The van der Waals surface area contributed by atoms with E-state index in [1.807, 2.05) is 18.3 Å². The van der Waals surface area contributed by atoms with E-state index < -0.39 is 0 Å².